The normalized spacial score (nSPS) is 15.2. The van der Waals surface area contributed by atoms with Gasteiger partial charge in [-0.15, -0.1) is 0 Å². The number of aromatic amines is 1. The van der Waals surface area contributed by atoms with Gasteiger partial charge in [-0.2, -0.15) is 5.10 Å². The van der Waals surface area contributed by atoms with E-state index in [-0.39, 0.29) is 5.91 Å². The standard InChI is InChI=1S/C19H26N4O/c1-23(2)17-10-6-9-15(12-17)19(24)20-18-13-16(21-22-18)11-14-7-4-3-5-8-14/h6,9-10,12-14H,3-5,7-8,11H2,1-2H3,(H2,20,21,22,24). The average Bonchev–Trinajstić information content (AvgIpc) is 3.02. The highest BCUT2D eigenvalue weighted by atomic mass is 16.1. The number of nitrogens with one attached hydrogen (secondary N) is 2. The fraction of sp³-hybridized carbons (Fsp3) is 0.474. The molecule has 1 fully saturated rings. The summed E-state index contributed by atoms with van der Waals surface area (Å²) in [6, 6.07) is 9.53. The molecule has 0 atom stereocenters. The van der Waals surface area contributed by atoms with Crippen LogP contribution >= 0.6 is 0 Å². The summed E-state index contributed by atoms with van der Waals surface area (Å²) in [5.41, 5.74) is 2.75. The molecule has 128 valence electrons. The summed E-state index contributed by atoms with van der Waals surface area (Å²) in [6.07, 6.45) is 7.68. The van der Waals surface area contributed by atoms with Crippen LogP contribution in [0.4, 0.5) is 11.5 Å². The number of carbonyl (C=O) groups is 1. The number of carbonyl (C=O) groups excluding carboxylic acids is 1. The maximum absolute atomic E-state index is 12.4. The summed E-state index contributed by atoms with van der Waals surface area (Å²) in [5, 5.41) is 10.2. The Hall–Kier alpha value is -2.30. The Labute approximate surface area is 143 Å². The van der Waals surface area contributed by atoms with E-state index < -0.39 is 0 Å². The van der Waals surface area contributed by atoms with Gasteiger partial charge in [0, 0.05) is 37.1 Å². The zero-order chi connectivity index (χ0) is 16.9. The molecule has 0 saturated heterocycles. The van der Waals surface area contributed by atoms with Crippen LogP contribution in [-0.4, -0.2) is 30.2 Å². The predicted octanol–water partition coefficient (Wildman–Crippen LogP) is 3.85. The van der Waals surface area contributed by atoms with Gasteiger partial charge < -0.3 is 10.2 Å². The van der Waals surface area contributed by atoms with E-state index in [1.54, 1.807) is 0 Å². The van der Waals surface area contributed by atoms with Crippen molar-refractivity contribution in [2.75, 3.05) is 24.3 Å². The summed E-state index contributed by atoms with van der Waals surface area (Å²) in [7, 11) is 3.92. The molecule has 24 heavy (non-hydrogen) atoms. The van der Waals surface area contributed by atoms with Crippen LogP contribution in [0.15, 0.2) is 30.3 Å². The molecule has 3 rings (SSSR count). The Bertz CT molecular complexity index is 686. The van der Waals surface area contributed by atoms with Gasteiger partial charge in [0.25, 0.3) is 5.91 Å². The Morgan fingerprint density at radius 3 is 2.79 bits per heavy atom. The molecule has 1 aromatic carbocycles. The molecule has 1 aromatic heterocycles. The number of H-pyrrole nitrogens is 1. The van der Waals surface area contributed by atoms with Gasteiger partial charge in [0.1, 0.15) is 0 Å². The molecule has 0 radical (unpaired) electrons. The van der Waals surface area contributed by atoms with Crippen LogP contribution < -0.4 is 10.2 Å². The van der Waals surface area contributed by atoms with Gasteiger partial charge in [0.2, 0.25) is 0 Å². The smallest absolute Gasteiger partial charge is 0.256 e. The Kier molecular flexibility index (Phi) is 5.18. The van der Waals surface area contributed by atoms with Crippen LogP contribution in [0.5, 0.6) is 0 Å². The molecular weight excluding hydrogens is 300 g/mol. The van der Waals surface area contributed by atoms with Crippen molar-refractivity contribution < 1.29 is 4.79 Å². The van der Waals surface area contributed by atoms with E-state index in [0.29, 0.717) is 11.4 Å². The Morgan fingerprint density at radius 1 is 1.25 bits per heavy atom. The third-order valence-corrected chi connectivity index (χ3v) is 4.73. The highest BCUT2D eigenvalue weighted by Crippen LogP contribution is 2.26. The van der Waals surface area contributed by atoms with Crippen LogP contribution in [0.2, 0.25) is 0 Å². The molecule has 1 aliphatic carbocycles. The lowest BCUT2D eigenvalue weighted by Gasteiger charge is -2.20. The first kappa shape index (κ1) is 16.6. The van der Waals surface area contributed by atoms with Crippen LogP contribution in [0.3, 0.4) is 0 Å². The van der Waals surface area contributed by atoms with E-state index in [1.807, 2.05) is 49.3 Å². The van der Waals surface area contributed by atoms with Crippen molar-refractivity contribution in [3.05, 3.63) is 41.6 Å². The van der Waals surface area contributed by atoms with Gasteiger partial charge >= 0.3 is 0 Å². The van der Waals surface area contributed by atoms with Crippen molar-refractivity contribution in [2.24, 2.45) is 5.92 Å². The first-order chi connectivity index (χ1) is 11.6. The maximum Gasteiger partial charge on any atom is 0.256 e. The molecule has 1 heterocycles. The predicted molar refractivity (Wildman–Crippen MR) is 97.6 cm³/mol. The number of rotatable bonds is 5. The fourth-order valence-corrected chi connectivity index (χ4v) is 3.35. The Balaban J connectivity index is 1.61. The van der Waals surface area contributed by atoms with Crippen LogP contribution in [0, 0.1) is 5.92 Å². The zero-order valence-electron chi connectivity index (χ0n) is 14.5. The average molecular weight is 326 g/mol. The molecule has 2 N–H and O–H groups in total. The van der Waals surface area contributed by atoms with Crippen molar-refractivity contribution >= 4 is 17.4 Å². The van der Waals surface area contributed by atoms with Gasteiger partial charge in [-0.05, 0) is 30.5 Å². The second kappa shape index (κ2) is 7.51. The maximum atomic E-state index is 12.4. The number of hydrogen-bond donors (Lipinski definition) is 2. The van der Waals surface area contributed by atoms with Crippen LogP contribution in [0.1, 0.15) is 48.2 Å². The summed E-state index contributed by atoms with van der Waals surface area (Å²) >= 11 is 0. The number of anilines is 2. The molecule has 0 bridgehead atoms. The van der Waals surface area contributed by atoms with Gasteiger partial charge in [0.05, 0.1) is 0 Å². The van der Waals surface area contributed by atoms with Gasteiger partial charge in [-0.25, -0.2) is 0 Å². The summed E-state index contributed by atoms with van der Waals surface area (Å²) in [6.45, 7) is 0. The molecular formula is C19H26N4O. The van der Waals surface area contributed by atoms with E-state index in [2.05, 4.69) is 15.5 Å². The molecule has 1 aliphatic rings. The molecule has 2 aromatic rings. The van der Waals surface area contributed by atoms with Crippen molar-refractivity contribution in [1.29, 1.82) is 0 Å². The molecule has 5 heteroatoms. The minimum absolute atomic E-state index is 0.130. The number of benzene rings is 1. The summed E-state index contributed by atoms with van der Waals surface area (Å²) < 4.78 is 0. The third kappa shape index (κ3) is 4.16. The Morgan fingerprint density at radius 2 is 2.04 bits per heavy atom. The highest BCUT2D eigenvalue weighted by Gasteiger charge is 2.16. The van der Waals surface area contributed by atoms with Crippen molar-refractivity contribution in [1.82, 2.24) is 10.2 Å². The quantitative estimate of drug-likeness (QED) is 0.877. The zero-order valence-corrected chi connectivity index (χ0v) is 14.5. The number of aromatic nitrogens is 2. The highest BCUT2D eigenvalue weighted by molar-refractivity contribution is 6.04. The fourth-order valence-electron chi connectivity index (χ4n) is 3.35. The van der Waals surface area contributed by atoms with Crippen molar-refractivity contribution in [3.63, 3.8) is 0 Å². The number of hydrogen-bond acceptors (Lipinski definition) is 3. The van der Waals surface area contributed by atoms with E-state index in [9.17, 15) is 4.79 Å². The lowest BCUT2D eigenvalue weighted by molar-refractivity contribution is 0.102. The van der Waals surface area contributed by atoms with Gasteiger partial charge in [0.15, 0.2) is 5.82 Å². The number of amides is 1. The van der Waals surface area contributed by atoms with E-state index in [0.717, 1.165) is 23.7 Å². The first-order valence-electron chi connectivity index (χ1n) is 8.75. The minimum atomic E-state index is -0.130. The van der Waals surface area contributed by atoms with Crippen LogP contribution in [0.25, 0.3) is 0 Å². The van der Waals surface area contributed by atoms with Gasteiger partial charge in [-0.1, -0.05) is 38.2 Å². The molecule has 0 spiro atoms. The lowest BCUT2D eigenvalue weighted by Crippen LogP contribution is -2.14. The first-order valence-corrected chi connectivity index (χ1v) is 8.75. The van der Waals surface area contributed by atoms with E-state index >= 15 is 0 Å². The summed E-state index contributed by atoms with van der Waals surface area (Å²) in [5.74, 6) is 1.22. The number of nitrogens with zero attached hydrogens (tertiary/aromatic N) is 2. The topological polar surface area (TPSA) is 61.0 Å². The summed E-state index contributed by atoms with van der Waals surface area (Å²) in [4.78, 5) is 14.4. The largest absolute Gasteiger partial charge is 0.378 e. The molecule has 0 unspecified atom stereocenters. The van der Waals surface area contributed by atoms with Crippen molar-refractivity contribution in [3.8, 4) is 0 Å². The van der Waals surface area contributed by atoms with Crippen LogP contribution in [-0.2, 0) is 6.42 Å². The lowest BCUT2D eigenvalue weighted by atomic mass is 9.86. The molecule has 1 saturated carbocycles. The monoisotopic (exact) mass is 326 g/mol. The SMILES string of the molecule is CN(C)c1cccc(C(=O)Nc2cc(CC3CCCCC3)[nH]n2)c1. The third-order valence-electron chi connectivity index (χ3n) is 4.73. The van der Waals surface area contributed by atoms with Gasteiger partial charge in [-0.3, -0.25) is 9.89 Å². The van der Waals surface area contributed by atoms with E-state index in [1.165, 1.54) is 32.1 Å². The minimum Gasteiger partial charge on any atom is -0.378 e. The second-order valence-electron chi connectivity index (χ2n) is 6.89. The molecule has 1 amide bonds. The second-order valence-corrected chi connectivity index (χ2v) is 6.89. The van der Waals surface area contributed by atoms with Crippen molar-refractivity contribution in [2.45, 2.75) is 38.5 Å². The molecule has 0 aliphatic heterocycles. The van der Waals surface area contributed by atoms with E-state index in [4.69, 9.17) is 0 Å². The molecule has 5 nitrogen and oxygen atoms in total.